The summed E-state index contributed by atoms with van der Waals surface area (Å²) in [6.45, 7) is 0. The zero-order valence-corrected chi connectivity index (χ0v) is 17.1. The van der Waals surface area contributed by atoms with Crippen molar-refractivity contribution in [3.63, 3.8) is 0 Å². The summed E-state index contributed by atoms with van der Waals surface area (Å²) in [7, 11) is 0. The molecule has 6 heteroatoms. The van der Waals surface area contributed by atoms with Crippen molar-refractivity contribution in [3.8, 4) is 10.6 Å². The van der Waals surface area contributed by atoms with E-state index in [0.29, 0.717) is 10.6 Å². The molecule has 0 atom stereocenters. The molecular weight excluding hydrogens is 479 g/mol. The molecule has 1 N–H and O–H groups in total. The summed E-state index contributed by atoms with van der Waals surface area (Å²) in [6.07, 6.45) is 0. The largest absolute Gasteiger partial charge is 0.321 e. The third-order valence-corrected chi connectivity index (χ3v) is 5.94. The second-order valence-electron chi connectivity index (χ2n) is 5.61. The molecule has 0 unspecified atom stereocenters. The maximum atomic E-state index is 12.7. The summed E-state index contributed by atoms with van der Waals surface area (Å²) in [5.74, 6) is -0.237. The van der Waals surface area contributed by atoms with Crippen molar-refractivity contribution in [1.29, 1.82) is 0 Å². The Morgan fingerprint density at radius 2 is 1.81 bits per heavy atom. The second-order valence-corrected chi connectivity index (χ2v) is 8.29. The molecule has 4 aromatic rings. The van der Waals surface area contributed by atoms with Gasteiger partial charge < -0.3 is 5.32 Å². The summed E-state index contributed by atoms with van der Waals surface area (Å²) >= 11 is 10.0. The molecule has 0 radical (unpaired) electrons. The molecule has 1 amide bonds. The predicted octanol–water partition coefficient (Wildman–Crippen LogP) is 6.47. The number of rotatable bonds is 3. The summed E-state index contributed by atoms with van der Waals surface area (Å²) in [4.78, 5) is 17.4. The van der Waals surface area contributed by atoms with Crippen LogP contribution in [0.2, 0.25) is 5.02 Å². The molecule has 4 rings (SSSR count). The molecule has 26 heavy (non-hydrogen) atoms. The number of halogens is 2. The van der Waals surface area contributed by atoms with Gasteiger partial charge in [-0.3, -0.25) is 4.79 Å². The van der Waals surface area contributed by atoms with Crippen LogP contribution in [-0.2, 0) is 0 Å². The van der Waals surface area contributed by atoms with Gasteiger partial charge in [0.2, 0.25) is 0 Å². The minimum absolute atomic E-state index is 0.237. The highest BCUT2D eigenvalue weighted by Crippen LogP contribution is 2.35. The zero-order chi connectivity index (χ0) is 18.1. The van der Waals surface area contributed by atoms with Gasteiger partial charge in [-0.1, -0.05) is 35.9 Å². The number of aromatic nitrogens is 1. The molecule has 3 nitrogen and oxygen atoms in total. The molecule has 0 saturated heterocycles. The van der Waals surface area contributed by atoms with Crippen LogP contribution >= 0.6 is 45.5 Å². The Morgan fingerprint density at radius 3 is 2.62 bits per heavy atom. The minimum Gasteiger partial charge on any atom is -0.321 e. The van der Waals surface area contributed by atoms with Gasteiger partial charge >= 0.3 is 0 Å². The lowest BCUT2D eigenvalue weighted by Crippen LogP contribution is -2.13. The maximum absolute atomic E-state index is 12.7. The second kappa shape index (κ2) is 7.34. The van der Waals surface area contributed by atoms with E-state index in [1.54, 1.807) is 35.6 Å². The first-order chi connectivity index (χ1) is 12.6. The fourth-order valence-electron chi connectivity index (χ4n) is 2.62. The van der Waals surface area contributed by atoms with Crippen molar-refractivity contribution in [2.45, 2.75) is 0 Å². The SMILES string of the molecule is O=C(Nc1ccc(I)cc1-c1nc2ccccc2s1)c1ccccc1Cl. The van der Waals surface area contributed by atoms with Gasteiger partial charge in [-0.25, -0.2) is 4.98 Å². The maximum Gasteiger partial charge on any atom is 0.257 e. The normalized spacial score (nSPS) is 10.8. The van der Waals surface area contributed by atoms with E-state index in [-0.39, 0.29) is 5.91 Å². The Balaban J connectivity index is 1.75. The van der Waals surface area contributed by atoms with Crippen LogP contribution in [0.1, 0.15) is 10.4 Å². The topological polar surface area (TPSA) is 42.0 Å². The molecular formula is C20H12ClIN2OS. The zero-order valence-electron chi connectivity index (χ0n) is 13.4. The fraction of sp³-hybridized carbons (Fsp3) is 0. The van der Waals surface area contributed by atoms with Gasteiger partial charge in [-0.2, -0.15) is 0 Å². The molecule has 0 bridgehead atoms. The van der Waals surface area contributed by atoms with Gasteiger partial charge in [-0.05, 0) is 65.1 Å². The van der Waals surface area contributed by atoms with Crippen LogP contribution < -0.4 is 5.32 Å². The van der Waals surface area contributed by atoms with E-state index >= 15 is 0 Å². The monoisotopic (exact) mass is 490 g/mol. The number of hydrogen-bond donors (Lipinski definition) is 1. The van der Waals surface area contributed by atoms with E-state index in [1.807, 2.05) is 42.5 Å². The molecule has 0 fully saturated rings. The van der Waals surface area contributed by atoms with Crippen molar-refractivity contribution in [1.82, 2.24) is 4.98 Å². The number of fused-ring (bicyclic) bond motifs is 1. The number of carbonyl (C=O) groups excluding carboxylic acids is 1. The smallest absolute Gasteiger partial charge is 0.257 e. The van der Waals surface area contributed by atoms with Gasteiger partial charge in [0.05, 0.1) is 26.5 Å². The number of para-hydroxylation sites is 1. The van der Waals surface area contributed by atoms with E-state index in [9.17, 15) is 4.79 Å². The van der Waals surface area contributed by atoms with Crippen LogP contribution in [0.5, 0.6) is 0 Å². The van der Waals surface area contributed by atoms with Crippen LogP contribution in [0.15, 0.2) is 66.7 Å². The number of hydrogen-bond acceptors (Lipinski definition) is 3. The standard InChI is InChI=1S/C20H12ClIN2OS/c21-15-6-2-1-5-13(15)19(25)23-16-10-9-12(22)11-14(16)20-24-17-7-3-4-8-18(17)26-20/h1-11H,(H,23,25). The van der Waals surface area contributed by atoms with Gasteiger partial charge in [0.15, 0.2) is 0 Å². The number of nitrogens with zero attached hydrogens (tertiary/aromatic N) is 1. The average Bonchev–Trinajstić information content (AvgIpc) is 3.07. The number of amides is 1. The Morgan fingerprint density at radius 1 is 1.04 bits per heavy atom. The highest BCUT2D eigenvalue weighted by atomic mass is 127. The first kappa shape index (κ1) is 17.5. The summed E-state index contributed by atoms with van der Waals surface area (Å²) in [5.41, 5.74) is 3.02. The van der Waals surface area contributed by atoms with Crippen LogP contribution in [-0.4, -0.2) is 10.9 Å². The van der Waals surface area contributed by atoms with Crippen LogP contribution in [0.25, 0.3) is 20.8 Å². The highest BCUT2D eigenvalue weighted by Gasteiger charge is 2.15. The summed E-state index contributed by atoms with van der Waals surface area (Å²) in [6, 6.07) is 20.9. The van der Waals surface area contributed by atoms with Crippen molar-refractivity contribution in [3.05, 3.63) is 80.9 Å². The third-order valence-electron chi connectivity index (χ3n) is 3.87. The van der Waals surface area contributed by atoms with Crippen molar-refractivity contribution < 1.29 is 4.79 Å². The molecule has 0 spiro atoms. The Labute approximate surface area is 173 Å². The molecule has 0 saturated carbocycles. The molecule has 1 aromatic heterocycles. The molecule has 0 aliphatic heterocycles. The van der Waals surface area contributed by atoms with E-state index in [4.69, 9.17) is 16.6 Å². The number of thiazole rings is 1. The lowest BCUT2D eigenvalue weighted by atomic mass is 10.1. The van der Waals surface area contributed by atoms with Crippen molar-refractivity contribution in [2.75, 3.05) is 5.32 Å². The summed E-state index contributed by atoms with van der Waals surface area (Å²) < 4.78 is 2.19. The van der Waals surface area contributed by atoms with Gasteiger partial charge in [0.25, 0.3) is 5.91 Å². The van der Waals surface area contributed by atoms with Gasteiger partial charge in [0.1, 0.15) is 5.01 Å². The van der Waals surface area contributed by atoms with E-state index in [2.05, 4.69) is 27.9 Å². The Kier molecular flexibility index (Phi) is 4.93. The molecule has 0 aliphatic carbocycles. The summed E-state index contributed by atoms with van der Waals surface area (Å²) in [5, 5.41) is 4.28. The number of nitrogens with one attached hydrogen (secondary N) is 1. The van der Waals surface area contributed by atoms with E-state index in [0.717, 1.165) is 30.0 Å². The lowest BCUT2D eigenvalue weighted by Gasteiger charge is -2.11. The number of carbonyl (C=O) groups is 1. The van der Waals surface area contributed by atoms with Crippen molar-refractivity contribution in [2.24, 2.45) is 0 Å². The van der Waals surface area contributed by atoms with Crippen LogP contribution in [0, 0.1) is 3.57 Å². The first-order valence-corrected chi connectivity index (χ1v) is 10.1. The first-order valence-electron chi connectivity index (χ1n) is 7.83. The molecule has 0 aliphatic rings. The Bertz CT molecular complexity index is 1090. The van der Waals surface area contributed by atoms with E-state index in [1.165, 1.54) is 0 Å². The van der Waals surface area contributed by atoms with Crippen LogP contribution in [0.4, 0.5) is 5.69 Å². The van der Waals surface area contributed by atoms with Gasteiger partial charge in [-0.15, -0.1) is 11.3 Å². The third kappa shape index (κ3) is 3.47. The molecule has 3 aromatic carbocycles. The van der Waals surface area contributed by atoms with Crippen LogP contribution in [0.3, 0.4) is 0 Å². The Hall–Kier alpha value is -1.96. The molecule has 128 valence electrons. The van der Waals surface area contributed by atoms with Gasteiger partial charge in [0, 0.05) is 9.13 Å². The van der Waals surface area contributed by atoms with Crippen molar-refractivity contribution >= 4 is 67.3 Å². The minimum atomic E-state index is -0.237. The lowest BCUT2D eigenvalue weighted by molar-refractivity contribution is 0.102. The molecule has 1 heterocycles. The number of benzene rings is 3. The quantitative estimate of drug-likeness (QED) is 0.334. The highest BCUT2D eigenvalue weighted by molar-refractivity contribution is 14.1. The fourth-order valence-corrected chi connectivity index (χ4v) is 4.33. The van der Waals surface area contributed by atoms with E-state index < -0.39 is 0 Å². The number of anilines is 1. The predicted molar refractivity (Wildman–Crippen MR) is 117 cm³/mol. The average molecular weight is 491 g/mol.